The standard InChI is InChI=1S/C23H32N4O10/c1-11(2)19(23(36)37)27-21(34)15(7-8-17(29)30)25-22(35)16(9-12-3-5-13(28)6-4-12)26-20(33)14(24)10-18(31)32/h3-6,11,14-16,19,28H,7-10,24H2,1-2H3,(H,25,35)(H,26,33)(H,27,34)(H,29,30)(H,31,32)(H,36,37). The molecule has 204 valence electrons. The first-order valence-corrected chi connectivity index (χ1v) is 11.3. The topological polar surface area (TPSA) is 245 Å². The Labute approximate surface area is 212 Å². The van der Waals surface area contributed by atoms with E-state index in [0.29, 0.717) is 5.56 Å². The van der Waals surface area contributed by atoms with Crippen LogP contribution in [-0.4, -0.2) is 80.2 Å². The minimum Gasteiger partial charge on any atom is -0.508 e. The number of nitrogens with one attached hydrogen (secondary N) is 3. The molecule has 0 saturated carbocycles. The second-order valence-corrected chi connectivity index (χ2v) is 8.70. The number of carbonyl (C=O) groups is 6. The van der Waals surface area contributed by atoms with E-state index in [0.717, 1.165) is 0 Å². The predicted molar refractivity (Wildman–Crippen MR) is 127 cm³/mol. The summed E-state index contributed by atoms with van der Waals surface area (Å²) in [4.78, 5) is 71.8. The van der Waals surface area contributed by atoms with E-state index >= 15 is 0 Å². The molecule has 4 unspecified atom stereocenters. The Bertz CT molecular complexity index is 996. The molecule has 0 radical (unpaired) electrons. The highest BCUT2D eigenvalue weighted by Gasteiger charge is 2.32. The van der Waals surface area contributed by atoms with Crippen LogP contribution in [0.5, 0.6) is 5.75 Å². The van der Waals surface area contributed by atoms with Crippen LogP contribution in [0, 0.1) is 5.92 Å². The number of hydrogen-bond acceptors (Lipinski definition) is 8. The second kappa shape index (κ2) is 14.4. The third-order valence-corrected chi connectivity index (χ3v) is 5.25. The molecule has 1 aromatic rings. The van der Waals surface area contributed by atoms with Crippen molar-refractivity contribution < 1.29 is 49.2 Å². The summed E-state index contributed by atoms with van der Waals surface area (Å²) in [6, 6.07) is -0.0265. The normalized spacial score (nSPS) is 14.1. The summed E-state index contributed by atoms with van der Waals surface area (Å²) in [5.41, 5.74) is 6.05. The molecule has 0 aliphatic carbocycles. The van der Waals surface area contributed by atoms with E-state index in [2.05, 4.69) is 16.0 Å². The molecule has 0 aliphatic heterocycles. The van der Waals surface area contributed by atoms with E-state index in [1.54, 1.807) is 13.8 Å². The molecule has 14 nitrogen and oxygen atoms in total. The number of nitrogens with two attached hydrogens (primary N) is 1. The van der Waals surface area contributed by atoms with Crippen LogP contribution >= 0.6 is 0 Å². The van der Waals surface area contributed by atoms with Crippen molar-refractivity contribution in [2.45, 2.75) is 63.7 Å². The maximum atomic E-state index is 13.1. The molecule has 37 heavy (non-hydrogen) atoms. The summed E-state index contributed by atoms with van der Waals surface area (Å²) in [6.07, 6.45) is -1.78. The highest BCUT2D eigenvalue weighted by atomic mass is 16.4. The van der Waals surface area contributed by atoms with Crippen molar-refractivity contribution in [2.75, 3.05) is 0 Å². The Morgan fingerprint density at radius 3 is 1.84 bits per heavy atom. The highest BCUT2D eigenvalue weighted by Crippen LogP contribution is 2.12. The Morgan fingerprint density at radius 2 is 1.35 bits per heavy atom. The van der Waals surface area contributed by atoms with Gasteiger partial charge in [-0.05, 0) is 30.0 Å². The van der Waals surface area contributed by atoms with Gasteiger partial charge in [0, 0.05) is 12.8 Å². The van der Waals surface area contributed by atoms with Gasteiger partial charge in [-0.1, -0.05) is 26.0 Å². The fourth-order valence-corrected chi connectivity index (χ4v) is 3.21. The number of hydrogen-bond donors (Lipinski definition) is 8. The van der Waals surface area contributed by atoms with Gasteiger partial charge < -0.3 is 42.1 Å². The minimum atomic E-state index is -1.49. The molecule has 14 heteroatoms. The lowest BCUT2D eigenvalue weighted by atomic mass is 10.0. The third kappa shape index (κ3) is 10.9. The van der Waals surface area contributed by atoms with E-state index in [4.69, 9.17) is 15.9 Å². The number of carboxylic acid groups (broad SMARTS) is 3. The SMILES string of the molecule is CC(C)C(NC(=O)C(CCC(=O)O)NC(=O)C(Cc1ccc(O)cc1)NC(=O)C(N)CC(=O)O)C(=O)O. The summed E-state index contributed by atoms with van der Waals surface area (Å²) in [6.45, 7) is 3.10. The molecule has 0 aliphatic rings. The summed E-state index contributed by atoms with van der Waals surface area (Å²) in [5.74, 6) is -7.32. The van der Waals surface area contributed by atoms with E-state index < -0.39 is 78.6 Å². The summed E-state index contributed by atoms with van der Waals surface area (Å²) in [5, 5.41) is 43.7. The molecule has 9 N–H and O–H groups in total. The largest absolute Gasteiger partial charge is 0.508 e. The fraction of sp³-hybridized carbons (Fsp3) is 0.478. The molecule has 3 amide bonds. The number of amides is 3. The molecule has 4 atom stereocenters. The van der Waals surface area contributed by atoms with Gasteiger partial charge in [0.15, 0.2) is 0 Å². The quantitative estimate of drug-likeness (QED) is 0.135. The van der Waals surface area contributed by atoms with Crippen molar-refractivity contribution in [3.8, 4) is 5.75 Å². The van der Waals surface area contributed by atoms with E-state index in [-0.39, 0.29) is 18.6 Å². The molecule has 1 rings (SSSR count). The van der Waals surface area contributed by atoms with Crippen molar-refractivity contribution in [1.82, 2.24) is 16.0 Å². The van der Waals surface area contributed by atoms with Crippen molar-refractivity contribution in [3.63, 3.8) is 0 Å². The van der Waals surface area contributed by atoms with E-state index in [9.17, 15) is 39.0 Å². The van der Waals surface area contributed by atoms with Gasteiger partial charge in [0.2, 0.25) is 17.7 Å². The van der Waals surface area contributed by atoms with Crippen molar-refractivity contribution in [3.05, 3.63) is 29.8 Å². The number of phenols is 1. The number of aliphatic carboxylic acids is 3. The second-order valence-electron chi connectivity index (χ2n) is 8.70. The average Bonchev–Trinajstić information content (AvgIpc) is 2.79. The highest BCUT2D eigenvalue weighted by molar-refractivity contribution is 5.95. The van der Waals surface area contributed by atoms with Gasteiger partial charge in [-0.15, -0.1) is 0 Å². The fourth-order valence-electron chi connectivity index (χ4n) is 3.21. The lowest BCUT2D eigenvalue weighted by Crippen LogP contribution is -2.58. The van der Waals surface area contributed by atoms with Crippen molar-refractivity contribution in [2.24, 2.45) is 11.7 Å². The van der Waals surface area contributed by atoms with Crippen LogP contribution < -0.4 is 21.7 Å². The Morgan fingerprint density at radius 1 is 0.811 bits per heavy atom. The Kier molecular flexibility index (Phi) is 12.0. The zero-order chi connectivity index (χ0) is 28.3. The zero-order valence-electron chi connectivity index (χ0n) is 20.3. The van der Waals surface area contributed by atoms with Gasteiger partial charge in [0.25, 0.3) is 0 Å². The number of rotatable bonds is 15. The number of aromatic hydroxyl groups is 1. The molecule has 0 saturated heterocycles. The molecule has 0 spiro atoms. The lowest BCUT2D eigenvalue weighted by Gasteiger charge is -2.26. The first-order chi connectivity index (χ1) is 17.2. The molecule has 0 heterocycles. The maximum absolute atomic E-state index is 13.1. The maximum Gasteiger partial charge on any atom is 0.326 e. The van der Waals surface area contributed by atoms with Gasteiger partial charge in [-0.3, -0.25) is 24.0 Å². The van der Waals surface area contributed by atoms with Gasteiger partial charge in [-0.25, -0.2) is 4.79 Å². The van der Waals surface area contributed by atoms with Gasteiger partial charge in [-0.2, -0.15) is 0 Å². The van der Waals surface area contributed by atoms with Crippen molar-refractivity contribution in [1.29, 1.82) is 0 Å². The van der Waals surface area contributed by atoms with E-state index in [1.807, 2.05) is 0 Å². The molecular formula is C23H32N4O10. The average molecular weight is 525 g/mol. The van der Waals surface area contributed by atoms with Gasteiger partial charge in [0.05, 0.1) is 12.5 Å². The smallest absolute Gasteiger partial charge is 0.326 e. The van der Waals surface area contributed by atoms with Crippen LogP contribution in [0.3, 0.4) is 0 Å². The summed E-state index contributed by atoms with van der Waals surface area (Å²) < 4.78 is 0. The number of benzene rings is 1. The summed E-state index contributed by atoms with van der Waals surface area (Å²) in [7, 11) is 0. The van der Waals surface area contributed by atoms with Crippen LogP contribution in [-0.2, 0) is 35.2 Å². The molecule has 1 aromatic carbocycles. The first-order valence-electron chi connectivity index (χ1n) is 11.3. The van der Waals surface area contributed by atoms with Crippen LogP contribution in [0.2, 0.25) is 0 Å². The molecule has 0 fully saturated rings. The lowest BCUT2D eigenvalue weighted by molar-refractivity contribution is -0.144. The number of phenolic OH excluding ortho intramolecular Hbond substituents is 1. The van der Waals surface area contributed by atoms with Crippen LogP contribution in [0.4, 0.5) is 0 Å². The van der Waals surface area contributed by atoms with Crippen molar-refractivity contribution >= 4 is 35.6 Å². The van der Waals surface area contributed by atoms with Gasteiger partial charge in [0.1, 0.15) is 23.9 Å². The molecule has 0 aromatic heterocycles. The number of carbonyl (C=O) groups excluding carboxylic acids is 3. The third-order valence-electron chi connectivity index (χ3n) is 5.25. The zero-order valence-corrected chi connectivity index (χ0v) is 20.3. The van der Waals surface area contributed by atoms with E-state index in [1.165, 1.54) is 24.3 Å². The van der Waals surface area contributed by atoms with Gasteiger partial charge >= 0.3 is 17.9 Å². The predicted octanol–water partition coefficient (Wildman–Crippen LogP) is -1.20. The monoisotopic (exact) mass is 524 g/mol. The summed E-state index contributed by atoms with van der Waals surface area (Å²) >= 11 is 0. The Hall–Kier alpha value is -4.20. The number of carboxylic acids is 3. The molecule has 0 bridgehead atoms. The van der Waals surface area contributed by atoms with Crippen LogP contribution in [0.15, 0.2) is 24.3 Å². The minimum absolute atomic E-state index is 0.0548. The van der Waals surface area contributed by atoms with Crippen LogP contribution in [0.1, 0.15) is 38.7 Å². The molecular weight excluding hydrogens is 492 g/mol. The van der Waals surface area contributed by atoms with Crippen LogP contribution in [0.25, 0.3) is 0 Å². The first kappa shape index (κ1) is 30.8. The Balaban J connectivity index is 3.18.